The van der Waals surface area contributed by atoms with Crippen molar-refractivity contribution >= 4 is 40.7 Å². The van der Waals surface area contributed by atoms with E-state index in [1.807, 2.05) is 13.0 Å². The lowest BCUT2D eigenvalue weighted by atomic mass is 9.95. The van der Waals surface area contributed by atoms with Crippen LogP contribution in [-0.2, 0) is 9.59 Å². The van der Waals surface area contributed by atoms with Crippen LogP contribution in [0.25, 0.3) is 0 Å². The topological polar surface area (TPSA) is 87.7 Å². The van der Waals surface area contributed by atoms with Crippen LogP contribution in [0, 0.1) is 6.92 Å². The predicted molar refractivity (Wildman–Crippen MR) is 128 cm³/mol. The predicted octanol–water partition coefficient (Wildman–Crippen LogP) is 4.50. The van der Waals surface area contributed by atoms with E-state index in [0.29, 0.717) is 22.7 Å². The molecule has 0 aromatic heterocycles. The number of hydrogen-bond acceptors (Lipinski definition) is 5. The minimum absolute atomic E-state index is 0.0462. The zero-order valence-corrected chi connectivity index (χ0v) is 19.4. The highest BCUT2D eigenvalue weighted by molar-refractivity contribution is 6.53. The first-order chi connectivity index (χ1) is 15.9. The second-order valence-corrected chi connectivity index (χ2v) is 8.70. The summed E-state index contributed by atoms with van der Waals surface area (Å²) >= 11 is 6.27. The van der Waals surface area contributed by atoms with Crippen molar-refractivity contribution in [2.24, 2.45) is 0 Å². The third kappa shape index (κ3) is 4.73. The smallest absolute Gasteiger partial charge is 0.283 e. The largest absolute Gasteiger partial charge is 0.495 e. The van der Waals surface area contributed by atoms with Crippen molar-refractivity contribution in [3.8, 4) is 5.75 Å². The van der Waals surface area contributed by atoms with Gasteiger partial charge >= 0.3 is 0 Å². The molecule has 1 aliphatic heterocycles. The summed E-state index contributed by atoms with van der Waals surface area (Å²) in [5.74, 6) is -1.01. The van der Waals surface area contributed by atoms with Gasteiger partial charge in [0.2, 0.25) is 0 Å². The van der Waals surface area contributed by atoms with E-state index >= 15 is 0 Å². The summed E-state index contributed by atoms with van der Waals surface area (Å²) in [6.07, 6.45) is 5.43. The van der Waals surface area contributed by atoms with Crippen molar-refractivity contribution in [3.05, 3.63) is 64.3 Å². The Morgan fingerprint density at radius 2 is 1.82 bits per heavy atom. The summed E-state index contributed by atoms with van der Waals surface area (Å²) < 4.78 is 5.33. The minimum atomic E-state index is -0.640. The molecule has 1 fully saturated rings. The van der Waals surface area contributed by atoms with Gasteiger partial charge in [-0.15, -0.1) is 0 Å². The van der Waals surface area contributed by atoms with Gasteiger partial charge in [-0.2, -0.15) is 0 Å². The lowest BCUT2D eigenvalue weighted by molar-refractivity contribution is -0.120. The molecule has 2 aromatic carbocycles. The average Bonchev–Trinajstić information content (AvgIpc) is 3.03. The number of methoxy groups -OCH3 is 1. The van der Waals surface area contributed by atoms with Gasteiger partial charge in [-0.1, -0.05) is 43.0 Å². The van der Waals surface area contributed by atoms with Gasteiger partial charge in [0, 0.05) is 17.3 Å². The van der Waals surface area contributed by atoms with Gasteiger partial charge in [0.05, 0.1) is 12.8 Å². The molecule has 1 heterocycles. The maximum Gasteiger partial charge on any atom is 0.283 e. The van der Waals surface area contributed by atoms with Crippen LogP contribution < -0.4 is 20.3 Å². The Morgan fingerprint density at radius 1 is 1.06 bits per heavy atom. The molecule has 8 heteroatoms. The summed E-state index contributed by atoms with van der Waals surface area (Å²) in [7, 11) is 1.47. The molecule has 4 rings (SSSR count). The van der Waals surface area contributed by atoms with Crippen LogP contribution in [0.3, 0.4) is 0 Å². The minimum Gasteiger partial charge on any atom is -0.495 e. The fourth-order valence-electron chi connectivity index (χ4n) is 4.20. The average molecular weight is 468 g/mol. The number of amides is 3. The van der Waals surface area contributed by atoms with Crippen LogP contribution in [-0.4, -0.2) is 30.9 Å². The molecule has 1 aliphatic carbocycles. The van der Waals surface area contributed by atoms with Crippen LogP contribution in [0.1, 0.15) is 48.0 Å². The molecule has 2 aliphatic rings. The second-order valence-electron chi connectivity index (χ2n) is 8.32. The Hall–Kier alpha value is -3.32. The molecule has 172 valence electrons. The summed E-state index contributed by atoms with van der Waals surface area (Å²) in [6.45, 7) is 1.85. The molecule has 0 bridgehead atoms. The number of halogens is 1. The standard InChI is InChI=1S/C25H26ClN3O4/c1-15-11-12-20(33-2)19(13-15)29-24(31)21(26)22(25(29)32)27-18-10-6-7-16(14-18)23(30)28-17-8-4-3-5-9-17/h6-7,10-14,17,27H,3-5,8-9H2,1-2H3,(H,28,30). The monoisotopic (exact) mass is 467 g/mol. The molecule has 33 heavy (non-hydrogen) atoms. The normalized spacial score (nSPS) is 16.9. The molecule has 1 saturated carbocycles. The Bertz CT molecular complexity index is 1140. The lowest BCUT2D eigenvalue weighted by Gasteiger charge is -2.22. The highest BCUT2D eigenvalue weighted by atomic mass is 35.5. The molecule has 0 spiro atoms. The highest BCUT2D eigenvalue weighted by Crippen LogP contribution is 2.36. The third-order valence-electron chi connectivity index (χ3n) is 5.94. The van der Waals surface area contributed by atoms with E-state index in [9.17, 15) is 14.4 Å². The number of carbonyl (C=O) groups is 3. The number of nitrogens with one attached hydrogen (secondary N) is 2. The number of anilines is 2. The number of carbonyl (C=O) groups excluding carboxylic acids is 3. The van der Waals surface area contributed by atoms with Crippen molar-refractivity contribution < 1.29 is 19.1 Å². The first-order valence-electron chi connectivity index (χ1n) is 11.0. The summed E-state index contributed by atoms with van der Waals surface area (Å²) in [5, 5.41) is 5.79. The molecule has 3 amide bonds. The molecular formula is C25H26ClN3O4. The van der Waals surface area contributed by atoms with Gasteiger partial charge in [-0.3, -0.25) is 14.4 Å². The van der Waals surface area contributed by atoms with E-state index in [1.54, 1.807) is 36.4 Å². The van der Waals surface area contributed by atoms with E-state index in [-0.39, 0.29) is 22.7 Å². The maximum atomic E-state index is 13.2. The SMILES string of the molecule is COc1ccc(C)cc1N1C(=O)C(Cl)=C(Nc2cccc(C(=O)NC3CCCCC3)c2)C1=O. The van der Waals surface area contributed by atoms with Crippen molar-refractivity contribution in [1.29, 1.82) is 0 Å². The number of nitrogens with zero attached hydrogens (tertiary/aromatic N) is 1. The first-order valence-corrected chi connectivity index (χ1v) is 11.4. The van der Waals surface area contributed by atoms with Gasteiger partial charge in [0.15, 0.2) is 0 Å². The maximum absolute atomic E-state index is 13.2. The number of hydrogen-bond donors (Lipinski definition) is 2. The summed E-state index contributed by atoms with van der Waals surface area (Å²) in [6, 6.07) is 12.2. The molecule has 0 atom stereocenters. The molecule has 2 aromatic rings. The Kier molecular flexibility index (Phi) is 6.70. The molecule has 0 saturated heterocycles. The fraction of sp³-hybridized carbons (Fsp3) is 0.320. The van der Waals surface area contributed by atoms with Gasteiger partial charge in [0.25, 0.3) is 17.7 Å². The molecule has 0 radical (unpaired) electrons. The van der Waals surface area contributed by atoms with Crippen LogP contribution in [0.4, 0.5) is 11.4 Å². The number of rotatable bonds is 6. The van der Waals surface area contributed by atoms with Crippen molar-refractivity contribution in [2.45, 2.75) is 45.1 Å². The zero-order chi connectivity index (χ0) is 23.5. The first kappa shape index (κ1) is 22.9. The fourth-order valence-corrected chi connectivity index (χ4v) is 4.42. The van der Waals surface area contributed by atoms with Crippen molar-refractivity contribution in [2.75, 3.05) is 17.3 Å². The second kappa shape index (κ2) is 9.67. The van der Waals surface area contributed by atoms with E-state index in [1.165, 1.54) is 13.5 Å². The molecule has 0 unspecified atom stereocenters. The Morgan fingerprint density at radius 3 is 2.55 bits per heavy atom. The van der Waals surface area contributed by atoms with Gasteiger partial charge in [0.1, 0.15) is 16.5 Å². The zero-order valence-electron chi connectivity index (χ0n) is 18.6. The van der Waals surface area contributed by atoms with Crippen LogP contribution in [0.2, 0.25) is 0 Å². The molecular weight excluding hydrogens is 442 g/mol. The third-order valence-corrected chi connectivity index (χ3v) is 6.29. The van der Waals surface area contributed by atoms with Crippen molar-refractivity contribution in [3.63, 3.8) is 0 Å². The van der Waals surface area contributed by atoms with Crippen LogP contribution >= 0.6 is 11.6 Å². The van der Waals surface area contributed by atoms with Crippen LogP contribution in [0.5, 0.6) is 5.75 Å². The van der Waals surface area contributed by atoms with E-state index in [2.05, 4.69) is 10.6 Å². The number of aryl methyl sites for hydroxylation is 1. The van der Waals surface area contributed by atoms with Gasteiger partial charge in [-0.05, 0) is 55.7 Å². The summed E-state index contributed by atoms with van der Waals surface area (Å²) in [4.78, 5) is 39.7. The molecule has 7 nitrogen and oxygen atoms in total. The van der Waals surface area contributed by atoms with Gasteiger partial charge < -0.3 is 15.4 Å². The van der Waals surface area contributed by atoms with E-state index < -0.39 is 11.8 Å². The number of benzene rings is 2. The Labute approximate surface area is 197 Å². The van der Waals surface area contributed by atoms with Crippen LogP contribution in [0.15, 0.2) is 53.2 Å². The summed E-state index contributed by atoms with van der Waals surface area (Å²) in [5.41, 5.74) is 2.09. The van der Waals surface area contributed by atoms with Gasteiger partial charge in [-0.25, -0.2) is 4.90 Å². The van der Waals surface area contributed by atoms with Crippen molar-refractivity contribution in [1.82, 2.24) is 5.32 Å². The molecule has 2 N–H and O–H groups in total. The number of ether oxygens (including phenoxy) is 1. The number of imide groups is 1. The Balaban J connectivity index is 1.54. The van der Waals surface area contributed by atoms with E-state index in [4.69, 9.17) is 16.3 Å². The quantitative estimate of drug-likeness (QED) is 0.610. The lowest BCUT2D eigenvalue weighted by Crippen LogP contribution is -2.36. The van der Waals surface area contributed by atoms with E-state index in [0.717, 1.165) is 36.1 Å². The highest BCUT2D eigenvalue weighted by Gasteiger charge is 2.40.